The smallest absolute Gasteiger partial charge is 0.315 e. The summed E-state index contributed by atoms with van der Waals surface area (Å²) in [6.07, 6.45) is 0.969. The van der Waals surface area contributed by atoms with Gasteiger partial charge in [0.15, 0.2) is 0 Å². The van der Waals surface area contributed by atoms with Crippen molar-refractivity contribution in [2.75, 3.05) is 7.11 Å². The molecule has 0 saturated carbocycles. The molecule has 0 aliphatic heterocycles. The van der Waals surface area contributed by atoms with E-state index >= 15 is 0 Å². The highest BCUT2D eigenvalue weighted by Crippen LogP contribution is 2.27. The maximum atomic E-state index is 11.7. The molecule has 1 aromatic rings. The molecule has 0 N–H and O–H groups in total. The zero-order chi connectivity index (χ0) is 13.0. The molecule has 1 rings (SSSR count). The highest BCUT2D eigenvalue weighted by atomic mass is 32.1. The molecule has 0 bridgehead atoms. The summed E-state index contributed by atoms with van der Waals surface area (Å²) >= 11 is 1.63. The van der Waals surface area contributed by atoms with E-state index in [1.807, 2.05) is 19.2 Å². The minimum absolute atomic E-state index is 0.193. The first-order chi connectivity index (χ1) is 7.95. The zero-order valence-electron chi connectivity index (χ0n) is 11.2. The average Bonchev–Trinajstić information content (AvgIpc) is 2.64. The van der Waals surface area contributed by atoms with Crippen molar-refractivity contribution >= 4 is 17.3 Å². The molecule has 17 heavy (non-hydrogen) atoms. The van der Waals surface area contributed by atoms with Gasteiger partial charge in [0, 0.05) is 11.8 Å². The summed E-state index contributed by atoms with van der Waals surface area (Å²) in [6, 6.07) is 0. The van der Waals surface area contributed by atoms with Gasteiger partial charge in [-0.25, -0.2) is 4.98 Å². The number of aromatic nitrogens is 1. The fraction of sp³-hybridized carbons (Fsp3) is 0.692. The number of nitrogens with zero attached hydrogens (tertiary/aromatic N) is 1. The van der Waals surface area contributed by atoms with E-state index in [1.54, 1.807) is 11.3 Å². The third kappa shape index (κ3) is 3.80. The Bertz CT molecular complexity index is 371. The molecular formula is C13H21NO2S. The Labute approximate surface area is 107 Å². The van der Waals surface area contributed by atoms with Crippen LogP contribution < -0.4 is 0 Å². The Hall–Kier alpha value is -0.900. The number of hydrogen-bond acceptors (Lipinski definition) is 4. The molecule has 0 aliphatic carbocycles. The Kier molecular flexibility index (Phi) is 5.12. The monoisotopic (exact) mass is 255 g/mol. The minimum Gasteiger partial charge on any atom is -0.468 e. The number of hydrogen-bond donors (Lipinski definition) is 0. The van der Waals surface area contributed by atoms with Crippen molar-refractivity contribution in [3.05, 3.63) is 16.1 Å². The second-order valence-electron chi connectivity index (χ2n) is 5.01. The number of carbonyl (C=O) groups is 1. The number of esters is 1. The predicted molar refractivity (Wildman–Crippen MR) is 70.3 cm³/mol. The lowest BCUT2D eigenvalue weighted by atomic mass is 9.93. The van der Waals surface area contributed by atoms with Crippen LogP contribution in [0.15, 0.2) is 5.38 Å². The lowest BCUT2D eigenvalue weighted by Gasteiger charge is -2.15. The number of rotatable bonds is 5. The number of thiazole rings is 1. The topological polar surface area (TPSA) is 39.2 Å². The molecule has 0 fully saturated rings. The number of ether oxygens (including phenoxy) is 1. The van der Waals surface area contributed by atoms with E-state index in [9.17, 15) is 4.79 Å². The second-order valence-corrected chi connectivity index (χ2v) is 5.95. The minimum atomic E-state index is -0.239. The average molecular weight is 255 g/mol. The van der Waals surface area contributed by atoms with E-state index < -0.39 is 0 Å². The molecule has 1 heterocycles. The van der Waals surface area contributed by atoms with Crippen molar-refractivity contribution in [1.29, 1.82) is 0 Å². The quantitative estimate of drug-likeness (QED) is 0.758. The molecule has 0 aliphatic rings. The SMILES string of the molecule is COC(=O)C(c1csc(CC(C)C)n1)C(C)C. The first-order valence-corrected chi connectivity index (χ1v) is 6.85. The Morgan fingerprint density at radius 1 is 1.41 bits per heavy atom. The van der Waals surface area contributed by atoms with E-state index in [1.165, 1.54) is 7.11 Å². The molecule has 1 atom stereocenters. The molecule has 0 spiro atoms. The lowest BCUT2D eigenvalue weighted by molar-refractivity contribution is -0.143. The van der Waals surface area contributed by atoms with Gasteiger partial charge in [0.05, 0.1) is 17.8 Å². The maximum Gasteiger partial charge on any atom is 0.315 e. The second kappa shape index (κ2) is 6.15. The van der Waals surface area contributed by atoms with Crippen LogP contribution in [0, 0.1) is 11.8 Å². The summed E-state index contributed by atoms with van der Waals surface area (Å²) in [6.45, 7) is 8.37. The fourth-order valence-corrected chi connectivity index (χ4v) is 2.82. The molecule has 0 aromatic carbocycles. The summed E-state index contributed by atoms with van der Waals surface area (Å²) < 4.78 is 4.84. The molecule has 0 saturated heterocycles. The number of methoxy groups -OCH3 is 1. The van der Waals surface area contributed by atoms with Gasteiger partial charge in [0.1, 0.15) is 5.92 Å². The zero-order valence-corrected chi connectivity index (χ0v) is 12.0. The first kappa shape index (κ1) is 14.2. The van der Waals surface area contributed by atoms with E-state index in [-0.39, 0.29) is 17.8 Å². The van der Waals surface area contributed by atoms with Crippen LogP contribution in [0.4, 0.5) is 0 Å². The molecule has 0 amide bonds. The molecule has 3 nitrogen and oxygen atoms in total. The van der Waals surface area contributed by atoms with Crippen LogP contribution in [0.1, 0.15) is 44.3 Å². The van der Waals surface area contributed by atoms with Crippen LogP contribution >= 0.6 is 11.3 Å². The molecule has 1 unspecified atom stereocenters. The van der Waals surface area contributed by atoms with Crippen molar-refractivity contribution in [1.82, 2.24) is 4.98 Å². The van der Waals surface area contributed by atoms with Gasteiger partial charge in [-0.3, -0.25) is 4.79 Å². The Balaban J connectivity index is 2.88. The van der Waals surface area contributed by atoms with Gasteiger partial charge in [-0.15, -0.1) is 11.3 Å². The molecule has 1 aromatic heterocycles. The molecule has 96 valence electrons. The van der Waals surface area contributed by atoms with Crippen LogP contribution in [0.5, 0.6) is 0 Å². The predicted octanol–water partition coefficient (Wildman–Crippen LogP) is 3.25. The summed E-state index contributed by atoms with van der Waals surface area (Å²) in [5.41, 5.74) is 0.854. The van der Waals surface area contributed by atoms with Crippen LogP contribution in [-0.4, -0.2) is 18.1 Å². The van der Waals surface area contributed by atoms with Crippen molar-refractivity contribution < 1.29 is 9.53 Å². The summed E-state index contributed by atoms with van der Waals surface area (Å²) in [7, 11) is 1.43. The van der Waals surface area contributed by atoms with E-state index in [0.717, 1.165) is 17.1 Å². The normalized spacial score (nSPS) is 13.1. The third-order valence-electron chi connectivity index (χ3n) is 2.59. The van der Waals surface area contributed by atoms with Crippen molar-refractivity contribution in [3.8, 4) is 0 Å². The van der Waals surface area contributed by atoms with E-state index in [4.69, 9.17) is 4.74 Å². The van der Waals surface area contributed by atoms with Crippen LogP contribution in [-0.2, 0) is 16.0 Å². The summed E-state index contributed by atoms with van der Waals surface area (Å²) in [5.74, 6) is 0.361. The van der Waals surface area contributed by atoms with Crippen LogP contribution in [0.25, 0.3) is 0 Å². The van der Waals surface area contributed by atoms with Gasteiger partial charge in [-0.05, 0) is 11.8 Å². The Morgan fingerprint density at radius 3 is 2.53 bits per heavy atom. The van der Waals surface area contributed by atoms with Gasteiger partial charge >= 0.3 is 5.97 Å². The van der Waals surface area contributed by atoms with Gasteiger partial charge < -0.3 is 4.74 Å². The molecule has 4 heteroatoms. The van der Waals surface area contributed by atoms with Gasteiger partial charge in [0.2, 0.25) is 0 Å². The largest absolute Gasteiger partial charge is 0.468 e. The van der Waals surface area contributed by atoms with E-state index in [0.29, 0.717) is 5.92 Å². The van der Waals surface area contributed by atoms with Crippen molar-refractivity contribution in [3.63, 3.8) is 0 Å². The van der Waals surface area contributed by atoms with Crippen molar-refractivity contribution in [2.24, 2.45) is 11.8 Å². The highest BCUT2D eigenvalue weighted by molar-refractivity contribution is 7.09. The standard InChI is InChI=1S/C13H21NO2S/c1-8(2)6-11-14-10(7-17-11)12(9(3)4)13(15)16-5/h7-9,12H,6H2,1-5H3. The van der Waals surface area contributed by atoms with Gasteiger partial charge in [-0.1, -0.05) is 27.7 Å². The highest BCUT2D eigenvalue weighted by Gasteiger charge is 2.27. The van der Waals surface area contributed by atoms with Crippen molar-refractivity contribution in [2.45, 2.75) is 40.0 Å². The first-order valence-electron chi connectivity index (χ1n) is 5.97. The summed E-state index contributed by atoms with van der Waals surface area (Å²) in [4.78, 5) is 16.3. The van der Waals surface area contributed by atoms with Gasteiger partial charge in [0.25, 0.3) is 0 Å². The summed E-state index contributed by atoms with van der Waals surface area (Å²) in [5, 5.41) is 3.09. The van der Waals surface area contributed by atoms with Crippen LogP contribution in [0.2, 0.25) is 0 Å². The van der Waals surface area contributed by atoms with Gasteiger partial charge in [-0.2, -0.15) is 0 Å². The molecular weight excluding hydrogens is 234 g/mol. The Morgan fingerprint density at radius 2 is 2.06 bits per heavy atom. The number of carbonyl (C=O) groups excluding carboxylic acids is 1. The third-order valence-corrected chi connectivity index (χ3v) is 3.48. The van der Waals surface area contributed by atoms with E-state index in [2.05, 4.69) is 18.8 Å². The van der Waals surface area contributed by atoms with Crippen LogP contribution in [0.3, 0.4) is 0 Å². The fourth-order valence-electron chi connectivity index (χ4n) is 1.77. The molecule has 0 radical (unpaired) electrons. The lowest BCUT2D eigenvalue weighted by Crippen LogP contribution is -2.20. The maximum absolute atomic E-state index is 11.7.